The molecule has 0 radical (unpaired) electrons. The molecule has 0 amide bonds. The van der Waals surface area contributed by atoms with Crippen LogP contribution in [0.15, 0.2) is 36.7 Å². The van der Waals surface area contributed by atoms with Crippen molar-refractivity contribution in [2.24, 2.45) is 0 Å². The van der Waals surface area contributed by atoms with Crippen molar-refractivity contribution in [3.05, 3.63) is 65.0 Å². The Kier molecular flexibility index (Phi) is 11.0. The highest BCUT2D eigenvalue weighted by Crippen LogP contribution is 2.29. The molecular formula is C30H39F2N3O5. The van der Waals surface area contributed by atoms with Crippen LogP contribution in [0.2, 0.25) is 0 Å². The average molecular weight is 560 g/mol. The molecule has 218 valence electrons. The van der Waals surface area contributed by atoms with E-state index >= 15 is 0 Å². The van der Waals surface area contributed by atoms with E-state index in [-0.39, 0.29) is 29.8 Å². The molecule has 40 heavy (non-hydrogen) atoms. The molecule has 1 fully saturated rings. The predicted molar refractivity (Wildman–Crippen MR) is 149 cm³/mol. The second kappa shape index (κ2) is 14.2. The molecule has 1 saturated heterocycles. The molecular weight excluding hydrogens is 520 g/mol. The maximum absolute atomic E-state index is 14.8. The number of hydrogen-bond donors (Lipinski definition) is 1. The van der Waals surface area contributed by atoms with Crippen molar-refractivity contribution in [1.29, 1.82) is 0 Å². The van der Waals surface area contributed by atoms with Gasteiger partial charge in [0.1, 0.15) is 30.9 Å². The van der Waals surface area contributed by atoms with Crippen molar-refractivity contribution < 1.29 is 32.5 Å². The van der Waals surface area contributed by atoms with Gasteiger partial charge in [0, 0.05) is 5.69 Å². The number of benzene rings is 2. The third kappa shape index (κ3) is 8.02. The zero-order valence-corrected chi connectivity index (χ0v) is 24.3. The first-order valence-electron chi connectivity index (χ1n) is 13.5. The molecule has 0 aliphatic carbocycles. The first kappa shape index (κ1) is 31.0. The maximum atomic E-state index is 14.8. The number of methoxy groups -OCH3 is 1. The van der Waals surface area contributed by atoms with Gasteiger partial charge in [-0.15, -0.1) is 0 Å². The van der Waals surface area contributed by atoms with E-state index < -0.39 is 17.4 Å². The molecule has 1 N–H and O–H groups in total. The third-order valence-electron chi connectivity index (χ3n) is 6.01. The van der Waals surface area contributed by atoms with Gasteiger partial charge in [0.05, 0.1) is 31.7 Å². The van der Waals surface area contributed by atoms with Crippen molar-refractivity contribution in [2.45, 2.75) is 72.9 Å². The Bertz CT molecular complexity index is 1260. The monoisotopic (exact) mass is 559 g/mol. The van der Waals surface area contributed by atoms with E-state index in [1.165, 1.54) is 25.6 Å². The molecule has 1 unspecified atom stereocenters. The zero-order chi connectivity index (χ0) is 29.3. The van der Waals surface area contributed by atoms with Gasteiger partial charge in [-0.3, -0.25) is 0 Å². The Hall–Kier alpha value is -3.50. The van der Waals surface area contributed by atoms with E-state index in [1.807, 2.05) is 59.7 Å². The fourth-order valence-corrected chi connectivity index (χ4v) is 4.11. The Morgan fingerprint density at radius 3 is 2.38 bits per heavy atom. The molecule has 1 aliphatic heterocycles. The fourth-order valence-electron chi connectivity index (χ4n) is 4.11. The van der Waals surface area contributed by atoms with Gasteiger partial charge in [-0.25, -0.2) is 18.7 Å². The normalized spacial score (nSPS) is 15.7. The minimum atomic E-state index is -0.778. The van der Waals surface area contributed by atoms with Crippen LogP contribution < -0.4 is 19.5 Å². The summed E-state index contributed by atoms with van der Waals surface area (Å²) < 4.78 is 57.4. The number of aryl methyl sites for hydroxylation is 2. The lowest BCUT2D eigenvalue weighted by Crippen LogP contribution is -2.25. The third-order valence-corrected chi connectivity index (χ3v) is 6.01. The number of aromatic nitrogens is 2. The summed E-state index contributed by atoms with van der Waals surface area (Å²) in [6.07, 6.45) is 3.94. The highest BCUT2D eigenvalue weighted by Gasteiger charge is 2.33. The predicted octanol–water partition coefficient (Wildman–Crippen LogP) is 6.90. The van der Waals surface area contributed by atoms with Gasteiger partial charge in [-0.1, -0.05) is 27.2 Å². The van der Waals surface area contributed by atoms with Crippen LogP contribution in [0.25, 0.3) is 0 Å². The van der Waals surface area contributed by atoms with Gasteiger partial charge < -0.3 is 29.0 Å². The van der Waals surface area contributed by atoms with Crippen LogP contribution in [0, 0.1) is 18.6 Å². The molecule has 1 aromatic heterocycles. The van der Waals surface area contributed by atoms with Crippen LogP contribution >= 0.6 is 0 Å². The molecule has 8 nitrogen and oxygen atoms in total. The van der Waals surface area contributed by atoms with Gasteiger partial charge >= 0.3 is 0 Å². The summed E-state index contributed by atoms with van der Waals surface area (Å²) in [6.45, 7) is 12.2. The lowest BCUT2D eigenvalue weighted by atomic mass is 10.0. The van der Waals surface area contributed by atoms with Crippen molar-refractivity contribution in [1.82, 2.24) is 9.97 Å². The summed E-state index contributed by atoms with van der Waals surface area (Å²) in [6, 6.07) is 7.02. The van der Waals surface area contributed by atoms with Gasteiger partial charge in [-0.05, 0) is 62.6 Å². The summed E-state index contributed by atoms with van der Waals surface area (Å²) >= 11 is 0. The minimum Gasteiger partial charge on any atom is -0.494 e. The standard InChI is InChI=1S/C28H33F2N3O5.C2H6/c1-6-7-18-11-24(34-5)26(30)22(25(18)29)16-35-20-12-31-27(32-13-20)33-19-8-9-23(17(2)10-19)36-14-21-15-37-28(3,4)38-21;1-2/h8-13,21H,6-7,14-16H2,1-5H3,(H,31,32,33);1-2H3. The molecule has 4 rings (SSSR count). The Morgan fingerprint density at radius 1 is 1.05 bits per heavy atom. The minimum absolute atomic E-state index is 0.0132. The van der Waals surface area contributed by atoms with Crippen LogP contribution in [0.4, 0.5) is 20.4 Å². The van der Waals surface area contributed by atoms with Crippen LogP contribution in [0.3, 0.4) is 0 Å². The number of ether oxygens (including phenoxy) is 5. The summed E-state index contributed by atoms with van der Waals surface area (Å²) in [7, 11) is 1.35. The number of nitrogens with one attached hydrogen (secondary N) is 1. The molecule has 10 heteroatoms. The molecule has 0 bridgehead atoms. The first-order valence-corrected chi connectivity index (χ1v) is 13.5. The second-order valence-corrected chi connectivity index (χ2v) is 9.49. The maximum Gasteiger partial charge on any atom is 0.227 e. The number of anilines is 2. The van der Waals surface area contributed by atoms with Crippen LogP contribution in [0.5, 0.6) is 17.2 Å². The average Bonchev–Trinajstić information content (AvgIpc) is 3.30. The SMILES string of the molecule is CC.CCCc1cc(OC)c(F)c(COc2cnc(Nc3ccc(OCC4COC(C)(C)O4)c(C)c3)nc2)c1F. The summed E-state index contributed by atoms with van der Waals surface area (Å²) in [5.74, 6) is -0.645. The van der Waals surface area contributed by atoms with Gasteiger partial charge in [0.2, 0.25) is 5.95 Å². The highest BCUT2D eigenvalue weighted by molar-refractivity contribution is 5.57. The zero-order valence-electron chi connectivity index (χ0n) is 24.3. The number of halogens is 2. The van der Waals surface area contributed by atoms with Crippen molar-refractivity contribution >= 4 is 11.6 Å². The van der Waals surface area contributed by atoms with Gasteiger partial charge in [0.15, 0.2) is 23.1 Å². The molecule has 2 heterocycles. The Balaban J connectivity index is 0.00000216. The second-order valence-electron chi connectivity index (χ2n) is 9.49. The molecule has 3 aromatic rings. The van der Waals surface area contributed by atoms with Crippen molar-refractivity contribution in [2.75, 3.05) is 25.6 Å². The van der Waals surface area contributed by atoms with E-state index in [0.717, 1.165) is 17.0 Å². The van der Waals surface area contributed by atoms with E-state index in [1.54, 1.807) is 0 Å². The van der Waals surface area contributed by atoms with Crippen molar-refractivity contribution in [3.63, 3.8) is 0 Å². The van der Waals surface area contributed by atoms with Gasteiger partial charge in [0.25, 0.3) is 0 Å². The largest absolute Gasteiger partial charge is 0.494 e. The topological polar surface area (TPSA) is 84.0 Å². The molecule has 0 saturated carbocycles. The smallest absolute Gasteiger partial charge is 0.227 e. The quantitative estimate of drug-likeness (QED) is 0.272. The van der Waals surface area contributed by atoms with E-state index in [9.17, 15) is 8.78 Å². The van der Waals surface area contributed by atoms with E-state index in [2.05, 4.69) is 15.3 Å². The molecule has 1 atom stereocenters. The van der Waals surface area contributed by atoms with E-state index in [0.29, 0.717) is 37.6 Å². The van der Waals surface area contributed by atoms with Crippen LogP contribution in [0.1, 0.15) is 57.7 Å². The Labute approximate surface area is 235 Å². The van der Waals surface area contributed by atoms with Gasteiger partial charge in [-0.2, -0.15) is 0 Å². The number of hydrogen-bond acceptors (Lipinski definition) is 8. The highest BCUT2D eigenvalue weighted by atomic mass is 19.1. The molecule has 0 spiro atoms. The fraction of sp³-hybridized carbons (Fsp3) is 0.467. The van der Waals surface area contributed by atoms with E-state index in [4.69, 9.17) is 23.7 Å². The van der Waals surface area contributed by atoms with Crippen molar-refractivity contribution in [3.8, 4) is 17.2 Å². The number of nitrogens with zero attached hydrogens (tertiary/aromatic N) is 2. The Morgan fingerprint density at radius 2 is 1.77 bits per heavy atom. The van der Waals surface area contributed by atoms with Crippen LogP contribution in [-0.4, -0.2) is 42.2 Å². The lowest BCUT2D eigenvalue weighted by molar-refractivity contribution is -0.141. The molecule has 2 aromatic carbocycles. The summed E-state index contributed by atoms with van der Waals surface area (Å²) in [5.41, 5.74) is 1.90. The summed E-state index contributed by atoms with van der Waals surface area (Å²) in [5, 5.41) is 3.12. The van der Waals surface area contributed by atoms with Crippen LogP contribution in [-0.2, 0) is 22.5 Å². The number of rotatable bonds is 11. The summed E-state index contributed by atoms with van der Waals surface area (Å²) in [4.78, 5) is 8.49. The first-order chi connectivity index (χ1) is 19.2. The molecule has 1 aliphatic rings. The lowest BCUT2D eigenvalue weighted by Gasteiger charge is -2.18.